The van der Waals surface area contributed by atoms with Crippen molar-refractivity contribution in [3.8, 4) is 0 Å². The highest BCUT2D eigenvalue weighted by atomic mass is 16.5. The monoisotopic (exact) mass is 290 g/mol. The Morgan fingerprint density at radius 3 is 2.90 bits per heavy atom. The van der Waals surface area contributed by atoms with Crippen LogP contribution < -0.4 is 5.32 Å². The lowest BCUT2D eigenvalue weighted by Gasteiger charge is -2.23. The summed E-state index contributed by atoms with van der Waals surface area (Å²) >= 11 is 0. The molecule has 1 amide bonds. The van der Waals surface area contributed by atoms with Crippen LogP contribution in [0.2, 0.25) is 0 Å². The summed E-state index contributed by atoms with van der Waals surface area (Å²) in [5, 5.41) is 3.57. The van der Waals surface area contributed by atoms with Gasteiger partial charge in [-0.05, 0) is 37.0 Å². The molecule has 0 spiro atoms. The number of hydrogen-bond acceptors (Lipinski definition) is 3. The van der Waals surface area contributed by atoms with Gasteiger partial charge < -0.3 is 15.0 Å². The van der Waals surface area contributed by atoms with Crippen LogP contribution in [0.25, 0.3) is 0 Å². The lowest BCUT2D eigenvalue weighted by molar-refractivity contribution is 0.0764. The predicted octanol–water partition coefficient (Wildman–Crippen LogP) is 2.44. The van der Waals surface area contributed by atoms with Crippen LogP contribution in [0.1, 0.15) is 42.1 Å². The first-order chi connectivity index (χ1) is 10.1. The van der Waals surface area contributed by atoms with Gasteiger partial charge in [-0.15, -0.1) is 0 Å². The molecular weight excluding hydrogens is 264 g/mol. The van der Waals surface area contributed by atoms with Gasteiger partial charge in [-0.1, -0.05) is 19.1 Å². The van der Waals surface area contributed by atoms with Gasteiger partial charge in [-0.2, -0.15) is 0 Å². The van der Waals surface area contributed by atoms with E-state index in [2.05, 4.69) is 18.3 Å². The Morgan fingerprint density at radius 1 is 1.48 bits per heavy atom. The summed E-state index contributed by atoms with van der Waals surface area (Å²) < 4.78 is 5.76. The zero-order chi connectivity index (χ0) is 15.2. The SMILES string of the molecule is CC[C@H](NCc1cccc(C(=O)N(C)C)c1)[C@@H]1CCCO1. The summed E-state index contributed by atoms with van der Waals surface area (Å²) in [4.78, 5) is 13.6. The molecule has 1 heterocycles. The van der Waals surface area contributed by atoms with Crippen LogP contribution in [0.4, 0.5) is 0 Å². The third-order valence-electron chi connectivity index (χ3n) is 4.00. The molecule has 4 heteroatoms. The number of amides is 1. The Morgan fingerprint density at radius 2 is 2.29 bits per heavy atom. The van der Waals surface area contributed by atoms with Gasteiger partial charge in [0.1, 0.15) is 0 Å². The number of nitrogens with zero attached hydrogens (tertiary/aromatic N) is 1. The zero-order valence-electron chi connectivity index (χ0n) is 13.3. The van der Waals surface area contributed by atoms with Gasteiger partial charge in [0.05, 0.1) is 6.10 Å². The predicted molar refractivity (Wildman–Crippen MR) is 84.4 cm³/mol. The van der Waals surface area contributed by atoms with Gasteiger partial charge in [0.15, 0.2) is 0 Å². The standard InChI is InChI=1S/C17H26N2O2/c1-4-15(16-9-6-10-21-16)18-12-13-7-5-8-14(11-13)17(20)19(2)3/h5,7-8,11,15-16,18H,4,6,9-10,12H2,1-3H3/t15-,16-/m0/s1. The van der Waals surface area contributed by atoms with Crippen molar-refractivity contribution in [1.82, 2.24) is 10.2 Å². The molecule has 2 rings (SSSR count). The summed E-state index contributed by atoms with van der Waals surface area (Å²) in [6, 6.07) is 8.23. The average Bonchev–Trinajstić information content (AvgIpc) is 3.01. The fraction of sp³-hybridized carbons (Fsp3) is 0.588. The highest BCUT2D eigenvalue weighted by Crippen LogP contribution is 2.18. The van der Waals surface area contributed by atoms with Crippen LogP contribution in [-0.2, 0) is 11.3 Å². The van der Waals surface area contributed by atoms with Crippen LogP contribution in [0.15, 0.2) is 24.3 Å². The van der Waals surface area contributed by atoms with Crippen molar-refractivity contribution in [1.29, 1.82) is 0 Å². The molecule has 1 N–H and O–H groups in total. The minimum Gasteiger partial charge on any atom is -0.377 e. The van der Waals surface area contributed by atoms with E-state index >= 15 is 0 Å². The number of hydrogen-bond donors (Lipinski definition) is 1. The lowest BCUT2D eigenvalue weighted by Crippen LogP contribution is -2.38. The van der Waals surface area contributed by atoms with Gasteiger partial charge in [-0.3, -0.25) is 4.79 Å². The van der Waals surface area contributed by atoms with Crippen LogP contribution in [-0.4, -0.2) is 43.7 Å². The highest BCUT2D eigenvalue weighted by molar-refractivity contribution is 5.94. The van der Waals surface area contributed by atoms with Gasteiger partial charge in [0.25, 0.3) is 5.91 Å². The molecule has 0 saturated carbocycles. The smallest absolute Gasteiger partial charge is 0.253 e. The topological polar surface area (TPSA) is 41.6 Å². The van der Waals surface area contributed by atoms with Crippen LogP contribution in [0, 0.1) is 0 Å². The van der Waals surface area contributed by atoms with E-state index < -0.39 is 0 Å². The third kappa shape index (κ3) is 4.29. The molecule has 0 bridgehead atoms. The molecule has 1 saturated heterocycles. The number of benzene rings is 1. The van der Waals surface area contributed by atoms with Crippen LogP contribution in [0.3, 0.4) is 0 Å². The first-order valence-corrected chi connectivity index (χ1v) is 7.77. The van der Waals surface area contributed by atoms with E-state index in [-0.39, 0.29) is 5.91 Å². The van der Waals surface area contributed by atoms with Crippen LogP contribution in [0.5, 0.6) is 0 Å². The quantitative estimate of drug-likeness (QED) is 0.875. The van der Waals surface area contributed by atoms with E-state index in [1.165, 1.54) is 0 Å². The summed E-state index contributed by atoms with van der Waals surface area (Å²) in [6.45, 7) is 3.84. The molecule has 21 heavy (non-hydrogen) atoms. The summed E-state index contributed by atoms with van der Waals surface area (Å²) in [6.07, 6.45) is 3.70. The molecule has 1 aliphatic rings. The van der Waals surface area contributed by atoms with Gasteiger partial charge in [0, 0.05) is 38.9 Å². The van der Waals surface area contributed by atoms with E-state index in [4.69, 9.17) is 4.74 Å². The Bertz CT molecular complexity index is 468. The minimum atomic E-state index is 0.0445. The fourth-order valence-electron chi connectivity index (χ4n) is 2.78. The van der Waals surface area contributed by atoms with Crippen molar-refractivity contribution >= 4 is 5.91 Å². The van der Waals surface area contributed by atoms with Crippen molar-refractivity contribution in [2.75, 3.05) is 20.7 Å². The number of ether oxygens (including phenoxy) is 1. The van der Waals surface area contributed by atoms with Crippen molar-refractivity contribution in [2.45, 2.75) is 44.9 Å². The second kappa shape index (κ2) is 7.57. The molecular formula is C17H26N2O2. The van der Waals surface area contributed by atoms with E-state index in [1.54, 1.807) is 19.0 Å². The Hall–Kier alpha value is -1.39. The van der Waals surface area contributed by atoms with Crippen LogP contribution >= 0.6 is 0 Å². The minimum absolute atomic E-state index is 0.0445. The van der Waals surface area contributed by atoms with Crippen molar-refractivity contribution < 1.29 is 9.53 Å². The molecule has 0 unspecified atom stereocenters. The van der Waals surface area contributed by atoms with Crippen molar-refractivity contribution in [3.63, 3.8) is 0 Å². The maximum Gasteiger partial charge on any atom is 0.253 e. The van der Waals surface area contributed by atoms with Gasteiger partial charge in [-0.25, -0.2) is 0 Å². The van der Waals surface area contributed by atoms with E-state index in [0.717, 1.165) is 43.5 Å². The normalized spacial score (nSPS) is 19.5. The van der Waals surface area contributed by atoms with Crippen molar-refractivity contribution in [2.24, 2.45) is 0 Å². The Kier molecular flexibility index (Phi) is 5.76. The first kappa shape index (κ1) is 16.0. The second-order valence-electron chi connectivity index (χ2n) is 5.85. The molecule has 116 valence electrons. The number of nitrogens with one attached hydrogen (secondary N) is 1. The fourth-order valence-corrected chi connectivity index (χ4v) is 2.78. The molecule has 0 aromatic heterocycles. The molecule has 1 aliphatic heterocycles. The maximum atomic E-state index is 12.0. The zero-order valence-corrected chi connectivity index (χ0v) is 13.3. The maximum absolute atomic E-state index is 12.0. The lowest BCUT2D eigenvalue weighted by atomic mass is 10.0. The number of rotatable bonds is 6. The summed E-state index contributed by atoms with van der Waals surface area (Å²) in [5.74, 6) is 0.0445. The largest absolute Gasteiger partial charge is 0.377 e. The molecule has 0 radical (unpaired) electrons. The van der Waals surface area contributed by atoms with Gasteiger partial charge in [0.2, 0.25) is 0 Å². The number of carbonyl (C=O) groups is 1. The molecule has 1 aromatic rings. The number of carbonyl (C=O) groups excluding carboxylic acids is 1. The third-order valence-corrected chi connectivity index (χ3v) is 4.00. The molecule has 1 fully saturated rings. The van der Waals surface area contributed by atoms with Gasteiger partial charge >= 0.3 is 0 Å². The van der Waals surface area contributed by atoms with E-state index in [1.807, 2.05) is 18.2 Å². The first-order valence-electron chi connectivity index (χ1n) is 7.77. The molecule has 4 nitrogen and oxygen atoms in total. The average molecular weight is 290 g/mol. The summed E-state index contributed by atoms with van der Waals surface area (Å²) in [7, 11) is 3.55. The van der Waals surface area contributed by atoms with Crippen molar-refractivity contribution in [3.05, 3.63) is 35.4 Å². The summed E-state index contributed by atoms with van der Waals surface area (Å²) in [5.41, 5.74) is 1.88. The van der Waals surface area contributed by atoms with E-state index in [0.29, 0.717) is 12.1 Å². The molecule has 2 atom stereocenters. The Balaban J connectivity index is 1.96. The van der Waals surface area contributed by atoms with E-state index in [9.17, 15) is 4.79 Å². The molecule has 0 aliphatic carbocycles. The second-order valence-corrected chi connectivity index (χ2v) is 5.85. The molecule has 1 aromatic carbocycles. The highest BCUT2D eigenvalue weighted by Gasteiger charge is 2.24. The Labute approximate surface area is 127 Å².